The van der Waals surface area contributed by atoms with Gasteiger partial charge in [0.05, 0.1) is 5.41 Å². The van der Waals surface area contributed by atoms with Crippen molar-refractivity contribution in [3.63, 3.8) is 0 Å². The predicted octanol–water partition coefficient (Wildman–Crippen LogP) is 1.56. The Morgan fingerprint density at radius 1 is 1.41 bits per heavy atom. The topological polar surface area (TPSA) is 54.2 Å². The molecule has 1 aromatic heterocycles. The first kappa shape index (κ1) is 12.4. The van der Waals surface area contributed by atoms with Crippen molar-refractivity contribution in [2.75, 3.05) is 31.1 Å². The Hall–Kier alpha value is -1.10. The maximum atomic E-state index is 5.45. The van der Waals surface area contributed by atoms with E-state index in [1.165, 1.54) is 6.42 Å². The summed E-state index contributed by atoms with van der Waals surface area (Å²) in [5.41, 5.74) is -0.00332. The molecule has 0 saturated carbocycles. The summed E-state index contributed by atoms with van der Waals surface area (Å²) in [6.45, 7) is 10.2. The van der Waals surface area contributed by atoms with Crippen molar-refractivity contribution in [3.05, 3.63) is 5.89 Å². The fourth-order valence-corrected chi connectivity index (χ4v) is 2.33. The van der Waals surface area contributed by atoms with E-state index in [4.69, 9.17) is 4.52 Å². The minimum atomic E-state index is -0.00332. The number of anilines is 1. The van der Waals surface area contributed by atoms with Crippen LogP contribution < -0.4 is 10.2 Å². The highest BCUT2D eigenvalue weighted by molar-refractivity contribution is 5.28. The SMILES string of the molecule is CCN(CC)c1noc(C2(C)CCCNC2)n1. The molecule has 0 bridgehead atoms. The third-order valence-electron chi connectivity index (χ3n) is 3.58. The monoisotopic (exact) mass is 238 g/mol. The molecule has 1 atom stereocenters. The van der Waals surface area contributed by atoms with Gasteiger partial charge in [-0.3, -0.25) is 0 Å². The minimum absolute atomic E-state index is 0.00332. The van der Waals surface area contributed by atoms with E-state index in [-0.39, 0.29) is 5.41 Å². The zero-order chi connectivity index (χ0) is 12.3. The molecule has 1 aliphatic rings. The molecule has 0 spiro atoms. The van der Waals surface area contributed by atoms with Crippen LogP contribution in [0.4, 0.5) is 5.95 Å². The lowest BCUT2D eigenvalue weighted by Gasteiger charge is -2.30. The molecule has 2 rings (SSSR count). The van der Waals surface area contributed by atoms with E-state index in [0.29, 0.717) is 0 Å². The third kappa shape index (κ3) is 2.44. The van der Waals surface area contributed by atoms with Crippen LogP contribution in [0.5, 0.6) is 0 Å². The van der Waals surface area contributed by atoms with Gasteiger partial charge in [0.2, 0.25) is 5.89 Å². The molecule has 0 radical (unpaired) electrons. The first-order valence-electron chi connectivity index (χ1n) is 6.49. The Bertz CT molecular complexity index is 353. The number of nitrogens with one attached hydrogen (secondary N) is 1. The van der Waals surface area contributed by atoms with Gasteiger partial charge in [0, 0.05) is 19.6 Å². The maximum Gasteiger partial charge on any atom is 0.266 e. The van der Waals surface area contributed by atoms with Gasteiger partial charge in [0.15, 0.2) is 0 Å². The van der Waals surface area contributed by atoms with Crippen LogP contribution in [0.15, 0.2) is 4.52 Å². The van der Waals surface area contributed by atoms with Crippen LogP contribution in [0.2, 0.25) is 0 Å². The lowest BCUT2D eigenvalue weighted by molar-refractivity contribution is 0.245. The van der Waals surface area contributed by atoms with Gasteiger partial charge in [-0.2, -0.15) is 4.98 Å². The van der Waals surface area contributed by atoms with Crippen molar-refractivity contribution in [3.8, 4) is 0 Å². The Morgan fingerprint density at radius 3 is 2.76 bits per heavy atom. The van der Waals surface area contributed by atoms with Gasteiger partial charge >= 0.3 is 0 Å². The molecule has 0 amide bonds. The largest absolute Gasteiger partial charge is 0.339 e. The molecule has 1 fully saturated rings. The second kappa shape index (κ2) is 5.04. The summed E-state index contributed by atoms with van der Waals surface area (Å²) >= 11 is 0. The van der Waals surface area contributed by atoms with Crippen LogP contribution in [0.25, 0.3) is 0 Å². The zero-order valence-electron chi connectivity index (χ0n) is 11.0. The van der Waals surface area contributed by atoms with E-state index in [1.807, 2.05) is 0 Å². The smallest absolute Gasteiger partial charge is 0.266 e. The van der Waals surface area contributed by atoms with Crippen LogP contribution in [-0.4, -0.2) is 36.3 Å². The van der Waals surface area contributed by atoms with Crippen LogP contribution in [0, 0.1) is 0 Å². The van der Waals surface area contributed by atoms with Gasteiger partial charge in [-0.05, 0) is 45.3 Å². The Labute approximate surface area is 103 Å². The van der Waals surface area contributed by atoms with Gasteiger partial charge < -0.3 is 14.7 Å². The average Bonchev–Trinajstić information content (AvgIpc) is 2.82. The molecular weight excluding hydrogens is 216 g/mol. The zero-order valence-corrected chi connectivity index (χ0v) is 11.0. The highest BCUT2D eigenvalue weighted by Gasteiger charge is 2.34. The van der Waals surface area contributed by atoms with E-state index >= 15 is 0 Å². The Morgan fingerprint density at radius 2 is 2.18 bits per heavy atom. The second-order valence-corrected chi connectivity index (χ2v) is 4.91. The lowest BCUT2D eigenvalue weighted by atomic mass is 9.83. The van der Waals surface area contributed by atoms with Gasteiger partial charge in [0.1, 0.15) is 0 Å². The molecule has 1 unspecified atom stereocenters. The molecule has 0 aliphatic carbocycles. The van der Waals surface area contributed by atoms with Crippen molar-refractivity contribution in [1.82, 2.24) is 15.5 Å². The van der Waals surface area contributed by atoms with Crippen molar-refractivity contribution in [2.45, 2.75) is 39.0 Å². The summed E-state index contributed by atoms with van der Waals surface area (Å²) in [5.74, 6) is 1.49. The van der Waals surface area contributed by atoms with Gasteiger partial charge in [0.25, 0.3) is 5.95 Å². The molecule has 5 nitrogen and oxygen atoms in total. The van der Waals surface area contributed by atoms with Crippen LogP contribution in [-0.2, 0) is 5.41 Å². The number of piperidine rings is 1. The lowest BCUT2D eigenvalue weighted by Crippen LogP contribution is -2.41. The quantitative estimate of drug-likeness (QED) is 0.862. The molecular formula is C12H22N4O. The first-order valence-corrected chi connectivity index (χ1v) is 6.49. The normalized spacial score (nSPS) is 24.9. The van der Waals surface area contributed by atoms with Crippen molar-refractivity contribution in [2.24, 2.45) is 0 Å². The highest BCUT2D eigenvalue weighted by atomic mass is 16.5. The molecule has 2 heterocycles. The minimum Gasteiger partial charge on any atom is -0.339 e. The first-order chi connectivity index (χ1) is 8.19. The Balaban J connectivity index is 2.16. The predicted molar refractivity (Wildman–Crippen MR) is 67.3 cm³/mol. The highest BCUT2D eigenvalue weighted by Crippen LogP contribution is 2.30. The Kier molecular flexibility index (Phi) is 3.66. The fraction of sp³-hybridized carbons (Fsp3) is 0.833. The number of nitrogens with zero attached hydrogens (tertiary/aromatic N) is 3. The molecule has 1 aromatic rings. The summed E-state index contributed by atoms with van der Waals surface area (Å²) in [6.07, 6.45) is 2.28. The molecule has 96 valence electrons. The summed E-state index contributed by atoms with van der Waals surface area (Å²) in [7, 11) is 0. The van der Waals surface area contributed by atoms with E-state index in [1.54, 1.807) is 0 Å². The standard InChI is InChI=1S/C12H22N4O/c1-4-16(5-2)11-14-10(17-15-11)12(3)7-6-8-13-9-12/h13H,4-9H2,1-3H3. The molecule has 1 saturated heterocycles. The van der Waals surface area contributed by atoms with Gasteiger partial charge in [-0.15, -0.1) is 0 Å². The molecule has 17 heavy (non-hydrogen) atoms. The van der Waals surface area contributed by atoms with Crippen LogP contribution >= 0.6 is 0 Å². The summed E-state index contributed by atoms with van der Waals surface area (Å²) in [4.78, 5) is 6.66. The van der Waals surface area contributed by atoms with Crippen molar-refractivity contribution >= 4 is 5.95 Å². The number of hydrogen-bond donors (Lipinski definition) is 1. The van der Waals surface area contributed by atoms with E-state index < -0.39 is 0 Å². The maximum absolute atomic E-state index is 5.45. The molecule has 5 heteroatoms. The van der Waals surface area contributed by atoms with E-state index in [0.717, 1.165) is 44.4 Å². The molecule has 1 N–H and O–H groups in total. The van der Waals surface area contributed by atoms with E-state index in [9.17, 15) is 0 Å². The summed E-state index contributed by atoms with van der Waals surface area (Å²) in [5, 5.41) is 7.49. The molecule has 1 aliphatic heterocycles. The second-order valence-electron chi connectivity index (χ2n) is 4.91. The summed E-state index contributed by atoms with van der Waals surface area (Å²) in [6, 6.07) is 0. The average molecular weight is 238 g/mol. The van der Waals surface area contributed by atoms with Gasteiger partial charge in [-0.1, -0.05) is 0 Å². The number of aromatic nitrogens is 2. The fourth-order valence-electron chi connectivity index (χ4n) is 2.33. The van der Waals surface area contributed by atoms with E-state index in [2.05, 4.69) is 41.1 Å². The number of hydrogen-bond acceptors (Lipinski definition) is 5. The van der Waals surface area contributed by atoms with Crippen molar-refractivity contribution in [1.29, 1.82) is 0 Å². The summed E-state index contributed by atoms with van der Waals surface area (Å²) < 4.78 is 5.45. The third-order valence-corrected chi connectivity index (χ3v) is 3.58. The van der Waals surface area contributed by atoms with Crippen LogP contribution in [0.1, 0.15) is 39.5 Å². The molecule has 0 aromatic carbocycles. The van der Waals surface area contributed by atoms with Crippen molar-refractivity contribution < 1.29 is 4.52 Å². The number of rotatable bonds is 4. The van der Waals surface area contributed by atoms with Gasteiger partial charge in [-0.25, -0.2) is 0 Å². The van der Waals surface area contributed by atoms with Crippen LogP contribution in [0.3, 0.4) is 0 Å².